The molecule has 16 heteroatoms. The van der Waals surface area contributed by atoms with E-state index in [1.54, 1.807) is 122 Å². The molecule has 0 N–H and O–H groups in total. The average molecular weight is 825 g/mol. The van der Waals surface area contributed by atoms with Crippen molar-refractivity contribution in [3.05, 3.63) is 192 Å². The van der Waals surface area contributed by atoms with Gasteiger partial charge in [-0.05, 0) is 97.1 Å². The normalized spacial score (nSPS) is 9.12. The van der Waals surface area contributed by atoms with Crippen LogP contribution in [0.4, 0.5) is 0 Å². The molecule has 0 spiro atoms. The first-order valence-corrected chi connectivity index (χ1v) is 18.3. The first-order valence-electron chi connectivity index (χ1n) is 18.3. The minimum absolute atomic E-state index is 0.220. The van der Waals surface area contributed by atoms with Gasteiger partial charge in [0.15, 0.2) is 22.8 Å². The summed E-state index contributed by atoms with van der Waals surface area (Å²) in [6.45, 7) is 0. The largest absolute Gasteiger partial charge is 0.256 e. The Morgan fingerprint density at radius 3 is 0.625 bits per heavy atom. The highest BCUT2D eigenvalue weighted by molar-refractivity contribution is 5.68. The number of hydrogen-bond donors (Lipinski definition) is 0. The fourth-order valence-corrected chi connectivity index (χ4v) is 5.34. The van der Waals surface area contributed by atoms with Gasteiger partial charge in [0.1, 0.15) is 71.3 Å². The van der Waals surface area contributed by atoms with Crippen molar-refractivity contribution in [2.45, 2.75) is 0 Å². The Morgan fingerprint density at radius 1 is 0.250 bits per heavy atom. The lowest BCUT2D eigenvalue weighted by Gasteiger charge is -2.01. The summed E-state index contributed by atoms with van der Waals surface area (Å²) in [6.07, 6.45) is 6.59. The number of aromatic nitrogens is 8. The summed E-state index contributed by atoms with van der Waals surface area (Å²) in [7, 11) is 0. The lowest BCUT2D eigenvalue weighted by Crippen LogP contribution is -1.93. The van der Waals surface area contributed by atoms with Gasteiger partial charge < -0.3 is 0 Å². The van der Waals surface area contributed by atoms with Crippen LogP contribution in [0.25, 0.3) is 45.0 Å². The molecule has 0 aliphatic heterocycles. The molecule has 8 aromatic rings. The van der Waals surface area contributed by atoms with E-state index < -0.39 is 0 Å². The third-order valence-corrected chi connectivity index (χ3v) is 8.23. The fourth-order valence-electron chi connectivity index (χ4n) is 5.34. The molecule has 296 valence electrons. The molecule has 0 radical (unpaired) electrons. The van der Waals surface area contributed by atoms with Gasteiger partial charge in [0.05, 0.1) is 22.8 Å². The monoisotopic (exact) mass is 824 g/mol. The maximum Gasteiger partial charge on any atom is 0.151 e. The topological polar surface area (TPSA) is 293 Å². The van der Waals surface area contributed by atoms with E-state index in [1.165, 1.54) is 0 Å². The van der Waals surface area contributed by atoms with Crippen molar-refractivity contribution in [2.75, 3.05) is 0 Å². The molecule has 0 atom stereocenters. The third-order valence-electron chi connectivity index (χ3n) is 8.23. The van der Waals surface area contributed by atoms with Gasteiger partial charge in [-0.3, -0.25) is 19.9 Å². The van der Waals surface area contributed by atoms with Crippen LogP contribution in [0.2, 0.25) is 0 Å². The highest BCUT2D eigenvalue weighted by Crippen LogP contribution is 2.23. The average Bonchev–Trinajstić information content (AvgIpc) is 3.39. The van der Waals surface area contributed by atoms with Crippen LogP contribution in [0.15, 0.2) is 146 Å². The van der Waals surface area contributed by atoms with Crippen LogP contribution >= 0.6 is 0 Å². The van der Waals surface area contributed by atoms with Gasteiger partial charge in [0, 0.05) is 47.0 Å². The van der Waals surface area contributed by atoms with Gasteiger partial charge in [-0.15, -0.1) is 0 Å². The number of nitriles is 8. The molecule has 0 bridgehead atoms. The summed E-state index contributed by atoms with van der Waals surface area (Å²) in [5.74, 6) is 0. The lowest BCUT2D eigenvalue weighted by atomic mass is 10.1. The van der Waals surface area contributed by atoms with Crippen molar-refractivity contribution in [1.82, 2.24) is 39.9 Å². The summed E-state index contributed by atoms with van der Waals surface area (Å²) >= 11 is 0. The minimum Gasteiger partial charge on any atom is -0.256 e. The van der Waals surface area contributed by atoms with E-state index in [0.29, 0.717) is 45.0 Å². The summed E-state index contributed by atoms with van der Waals surface area (Å²) in [6, 6.07) is 50.2. The van der Waals surface area contributed by atoms with Crippen molar-refractivity contribution in [2.24, 2.45) is 0 Å². The van der Waals surface area contributed by atoms with Gasteiger partial charge in [-0.25, -0.2) is 19.9 Å². The second kappa shape index (κ2) is 22.9. The number of rotatable bonds is 4. The van der Waals surface area contributed by atoms with Gasteiger partial charge >= 0.3 is 0 Å². The molecule has 0 aliphatic rings. The molecule has 0 aromatic carbocycles. The Labute approximate surface area is 366 Å². The zero-order valence-electron chi connectivity index (χ0n) is 33.0. The van der Waals surface area contributed by atoms with Crippen molar-refractivity contribution < 1.29 is 0 Å². The predicted octanol–water partition coefficient (Wildman–Crippen LogP) is 7.55. The molecule has 8 aromatic heterocycles. The van der Waals surface area contributed by atoms with E-state index >= 15 is 0 Å². The zero-order chi connectivity index (χ0) is 45.5. The molecule has 0 aliphatic carbocycles. The highest BCUT2D eigenvalue weighted by Gasteiger charge is 2.11. The second-order valence-electron chi connectivity index (χ2n) is 12.1. The Kier molecular flexibility index (Phi) is 15.8. The third kappa shape index (κ3) is 11.6. The summed E-state index contributed by atoms with van der Waals surface area (Å²) in [4.78, 5) is 32.3. The zero-order valence-corrected chi connectivity index (χ0v) is 33.0. The maximum atomic E-state index is 8.95. The number of nitrogens with zero attached hydrogens (tertiary/aromatic N) is 16. The Balaban J connectivity index is 0.000000161. The maximum absolute atomic E-state index is 8.95. The van der Waals surface area contributed by atoms with E-state index in [2.05, 4.69) is 39.9 Å². The van der Waals surface area contributed by atoms with Crippen molar-refractivity contribution in [3.63, 3.8) is 0 Å². The van der Waals surface area contributed by atoms with Crippen molar-refractivity contribution >= 4 is 0 Å². The quantitative estimate of drug-likeness (QED) is 0.165. The van der Waals surface area contributed by atoms with Crippen LogP contribution in [-0.4, -0.2) is 39.9 Å². The van der Waals surface area contributed by atoms with E-state index in [-0.39, 0.29) is 45.6 Å². The number of pyridine rings is 8. The van der Waals surface area contributed by atoms with Gasteiger partial charge in [0.25, 0.3) is 0 Å². The highest BCUT2D eigenvalue weighted by atomic mass is 14.8. The predicted molar refractivity (Wildman–Crippen MR) is 228 cm³/mol. The van der Waals surface area contributed by atoms with E-state index in [1.807, 2.05) is 72.8 Å². The SMILES string of the molecule is N#Cc1ccc(-c2ccccn2)c(C#N)n1.N#Cc1ccc(-c2ccccn2)c(C#N)n1.N#Cc1ccc(-c2ccccn2)c(C#N)n1.N#Cc1ccc(-c2ccccn2)c(C#N)n1. The molecule has 0 saturated carbocycles. The van der Waals surface area contributed by atoms with Crippen LogP contribution in [0.1, 0.15) is 45.6 Å². The van der Waals surface area contributed by atoms with Crippen LogP contribution < -0.4 is 0 Å². The Bertz CT molecular complexity index is 2810. The van der Waals surface area contributed by atoms with Gasteiger partial charge in [-0.2, -0.15) is 42.1 Å². The van der Waals surface area contributed by atoms with Crippen molar-refractivity contribution in [3.8, 4) is 93.6 Å². The van der Waals surface area contributed by atoms with Crippen LogP contribution in [0.3, 0.4) is 0 Å². The van der Waals surface area contributed by atoms with Gasteiger partial charge in [0.2, 0.25) is 0 Å². The molecular formula is C48H24N16. The van der Waals surface area contributed by atoms with E-state index in [9.17, 15) is 0 Å². The first kappa shape index (κ1) is 44.2. The second-order valence-corrected chi connectivity index (χ2v) is 12.1. The summed E-state index contributed by atoms with van der Waals surface area (Å²) in [5, 5.41) is 70.5. The molecule has 8 heterocycles. The molecular weight excluding hydrogens is 801 g/mol. The van der Waals surface area contributed by atoms with Crippen molar-refractivity contribution in [1.29, 1.82) is 42.1 Å². The van der Waals surface area contributed by atoms with E-state index in [4.69, 9.17) is 42.1 Å². The molecule has 0 saturated heterocycles. The molecule has 0 unspecified atom stereocenters. The smallest absolute Gasteiger partial charge is 0.151 e. The molecule has 0 fully saturated rings. The first-order chi connectivity index (χ1) is 31.4. The van der Waals surface area contributed by atoms with E-state index in [0.717, 1.165) is 0 Å². The number of hydrogen-bond acceptors (Lipinski definition) is 16. The molecule has 8 rings (SSSR count). The minimum atomic E-state index is 0.220. The van der Waals surface area contributed by atoms with Gasteiger partial charge in [-0.1, -0.05) is 24.3 Å². The summed E-state index contributed by atoms with van der Waals surface area (Å²) < 4.78 is 0. The fraction of sp³-hybridized carbons (Fsp3) is 0. The molecule has 0 amide bonds. The summed E-state index contributed by atoms with van der Waals surface area (Å²) in [5.41, 5.74) is 7.08. The van der Waals surface area contributed by atoms with Crippen LogP contribution in [-0.2, 0) is 0 Å². The standard InChI is InChI=1S/4C12H6N4/c4*13-7-9-4-5-10(12(8-14)16-9)11-3-1-2-6-15-11/h4*1-6H. The lowest BCUT2D eigenvalue weighted by molar-refractivity contribution is 1.20. The van der Waals surface area contributed by atoms with Crippen LogP contribution in [0.5, 0.6) is 0 Å². The molecule has 16 nitrogen and oxygen atoms in total. The Hall–Kier alpha value is -10.9. The van der Waals surface area contributed by atoms with Crippen LogP contribution in [0, 0.1) is 90.6 Å². The Morgan fingerprint density at radius 2 is 0.469 bits per heavy atom. The molecule has 64 heavy (non-hydrogen) atoms.